The highest BCUT2D eigenvalue weighted by Gasteiger charge is 2.22. The summed E-state index contributed by atoms with van der Waals surface area (Å²) in [6.45, 7) is 3.63. The summed E-state index contributed by atoms with van der Waals surface area (Å²) in [4.78, 5) is 27.5. The van der Waals surface area contributed by atoms with E-state index >= 15 is 0 Å². The summed E-state index contributed by atoms with van der Waals surface area (Å²) in [7, 11) is 0. The Morgan fingerprint density at radius 2 is 1.75 bits per heavy atom. The van der Waals surface area contributed by atoms with Crippen LogP contribution in [0.25, 0.3) is 0 Å². The van der Waals surface area contributed by atoms with E-state index in [1.165, 1.54) is 12.1 Å². The lowest BCUT2D eigenvalue weighted by molar-refractivity contribution is 0.0628. The molecule has 2 aromatic carbocycles. The summed E-state index contributed by atoms with van der Waals surface area (Å²) >= 11 is 6.10. The van der Waals surface area contributed by atoms with E-state index in [1.807, 2.05) is 4.90 Å². The number of urea groups is 1. The Morgan fingerprint density at radius 3 is 2.36 bits per heavy atom. The van der Waals surface area contributed by atoms with Crippen molar-refractivity contribution >= 4 is 23.5 Å². The Balaban J connectivity index is 1.52. The SMILES string of the molecule is NC(=O)NCc1ccc(C(=O)N2CCN(Cc3ccc(F)cc3Cl)CC2)cc1. The summed E-state index contributed by atoms with van der Waals surface area (Å²) in [5, 5.41) is 2.93. The van der Waals surface area contributed by atoms with E-state index in [0.29, 0.717) is 36.8 Å². The van der Waals surface area contributed by atoms with Gasteiger partial charge in [-0.05, 0) is 35.4 Å². The van der Waals surface area contributed by atoms with Gasteiger partial charge in [-0.15, -0.1) is 0 Å². The van der Waals surface area contributed by atoms with E-state index in [-0.39, 0.29) is 11.7 Å². The third-order valence-electron chi connectivity index (χ3n) is 4.74. The molecule has 1 saturated heterocycles. The van der Waals surface area contributed by atoms with Gasteiger partial charge in [0.15, 0.2) is 0 Å². The number of nitrogens with two attached hydrogens (primary N) is 1. The van der Waals surface area contributed by atoms with Crippen molar-refractivity contribution in [3.8, 4) is 0 Å². The summed E-state index contributed by atoms with van der Waals surface area (Å²) in [6.07, 6.45) is 0. The number of primary amides is 1. The molecule has 3 N–H and O–H groups in total. The minimum absolute atomic E-state index is 0.0196. The normalized spacial score (nSPS) is 14.7. The van der Waals surface area contributed by atoms with Crippen LogP contribution in [0.4, 0.5) is 9.18 Å². The summed E-state index contributed by atoms with van der Waals surface area (Å²) in [6, 6.07) is 11.0. The lowest BCUT2D eigenvalue weighted by Gasteiger charge is -2.35. The summed E-state index contributed by atoms with van der Waals surface area (Å²) in [5.41, 5.74) is 7.41. The fourth-order valence-corrected chi connectivity index (χ4v) is 3.36. The minimum atomic E-state index is -0.583. The van der Waals surface area contributed by atoms with Crippen LogP contribution in [-0.4, -0.2) is 47.9 Å². The van der Waals surface area contributed by atoms with Crippen LogP contribution in [-0.2, 0) is 13.1 Å². The molecule has 0 aromatic heterocycles. The van der Waals surface area contributed by atoms with E-state index in [9.17, 15) is 14.0 Å². The zero-order valence-electron chi connectivity index (χ0n) is 15.3. The van der Waals surface area contributed by atoms with Gasteiger partial charge in [0, 0.05) is 49.9 Å². The number of nitrogens with zero attached hydrogens (tertiary/aromatic N) is 2. The highest BCUT2D eigenvalue weighted by Crippen LogP contribution is 2.20. The molecule has 0 spiro atoms. The number of amides is 3. The van der Waals surface area contributed by atoms with Crippen molar-refractivity contribution in [3.05, 3.63) is 70.0 Å². The van der Waals surface area contributed by atoms with E-state index in [0.717, 1.165) is 24.2 Å². The molecule has 28 heavy (non-hydrogen) atoms. The lowest BCUT2D eigenvalue weighted by Crippen LogP contribution is -2.48. The second kappa shape index (κ2) is 9.03. The van der Waals surface area contributed by atoms with Crippen LogP contribution >= 0.6 is 11.6 Å². The standard InChI is InChI=1S/C20H22ClFN4O2/c21-18-11-17(22)6-5-16(18)13-25-7-9-26(10-8-25)19(27)15-3-1-14(2-4-15)12-24-20(23)28/h1-6,11H,7-10,12-13H2,(H3,23,24,28). The quantitative estimate of drug-likeness (QED) is 0.804. The van der Waals surface area contributed by atoms with Gasteiger partial charge >= 0.3 is 6.03 Å². The number of carbonyl (C=O) groups is 2. The molecule has 2 aromatic rings. The van der Waals surface area contributed by atoms with E-state index in [1.54, 1.807) is 30.3 Å². The van der Waals surface area contributed by atoms with Gasteiger partial charge in [0.05, 0.1) is 0 Å². The molecule has 3 amide bonds. The molecule has 8 heteroatoms. The molecule has 0 radical (unpaired) electrons. The van der Waals surface area contributed by atoms with Gasteiger partial charge in [0.25, 0.3) is 5.91 Å². The molecule has 0 unspecified atom stereocenters. The molecule has 0 atom stereocenters. The molecular weight excluding hydrogens is 383 g/mol. The monoisotopic (exact) mass is 404 g/mol. The topological polar surface area (TPSA) is 78.7 Å². The van der Waals surface area contributed by atoms with Crippen molar-refractivity contribution in [3.63, 3.8) is 0 Å². The first-order valence-corrected chi connectivity index (χ1v) is 9.38. The molecule has 3 rings (SSSR count). The first-order chi connectivity index (χ1) is 13.4. The van der Waals surface area contributed by atoms with Gasteiger partial charge in [-0.25, -0.2) is 9.18 Å². The van der Waals surface area contributed by atoms with Crippen molar-refractivity contribution in [1.82, 2.24) is 15.1 Å². The maximum atomic E-state index is 13.2. The highest BCUT2D eigenvalue weighted by molar-refractivity contribution is 6.31. The second-order valence-corrected chi connectivity index (χ2v) is 7.13. The van der Waals surface area contributed by atoms with Crippen LogP contribution in [0.5, 0.6) is 0 Å². The summed E-state index contributed by atoms with van der Waals surface area (Å²) in [5.74, 6) is -0.366. The predicted molar refractivity (Wildman–Crippen MR) is 105 cm³/mol. The zero-order chi connectivity index (χ0) is 20.1. The molecule has 0 saturated carbocycles. The Kier molecular flexibility index (Phi) is 6.49. The third-order valence-corrected chi connectivity index (χ3v) is 5.09. The molecule has 1 aliphatic heterocycles. The number of halogens is 2. The Bertz CT molecular complexity index is 852. The maximum absolute atomic E-state index is 13.2. The molecule has 1 heterocycles. The van der Waals surface area contributed by atoms with Gasteiger partial charge in [0.1, 0.15) is 5.82 Å². The smallest absolute Gasteiger partial charge is 0.312 e. The molecule has 148 valence electrons. The fraction of sp³-hybridized carbons (Fsp3) is 0.300. The molecule has 0 bridgehead atoms. The average molecular weight is 405 g/mol. The number of benzene rings is 2. The molecule has 6 nitrogen and oxygen atoms in total. The number of hydrogen-bond donors (Lipinski definition) is 2. The number of rotatable bonds is 5. The average Bonchev–Trinajstić information content (AvgIpc) is 2.69. The van der Waals surface area contributed by atoms with Crippen LogP contribution in [0.3, 0.4) is 0 Å². The van der Waals surface area contributed by atoms with Crippen molar-refractivity contribution in [2.24, 2.45) is 5.73 Å². The number of nitrogens with one attached hydrogen (secondary N) is 1. The van der Waals surface area contributed by atoms with Crippen LogP contribution in [0, 0.1) is 5.82 Å². The molecule has 1 aliphatic rings. The van der Waals surface area contributed by atoms with Crippen molar-refractivity contribution < 1.29 is 14.0 Å². The molecule has 0 aliphatic carbocycles. The van der Waals surface area contributed by atoms with E-state index in [4.69, 9.17) is 17.3 Å². The largest absolute Gasteiger partial charge is 0.352 e. The number of carbonyl (C=O) groups excluding carboxylic acids is 2. The third kappa shape index (κ3) is 5.21. The van der Waals surface area contributed by atoms with E-state index in [2.05, 4.69) is 10.2 Å². The van der Waals surface area contributed by atoms with Crippen LogP contribution in [0.15, 0.2) is 42.5 Å². The first kappa shape index (κ1) is 20.1. The van der Waals surface area contributed by atoms with Crippen LogP contribution in [0.1, 0.15) is 21.5 Å². The Morgan fingerprint density at radius 1 is 1.07 bits per heavy atom. The second-order valence-electron chi connectivity index (χ2n) is 6.72. The molecular formula is C20H22ClFN4O2. The van der Waals surface area contributed by atoms with Gasteiger partial charge in [0.2, 0.25) is 0 Å². The van der Waals surface area contributed by atoms with Crippen LogP contribution in [0.2, 0.25) is 5.02 Å². The molecule has 1 fully saturated rings. The number of piperazine rings is 1. The van der Waals surface area contributed by atoms with Crippen molar-refractivity contribution in [2.45, 2.75) is 13.1 Å². The Hall–Kier alpha value is -2.64. The van der Waals surface area contributed by atoms with Crippen molar-refractivity contribution in [2.75, 3.05) is 26.2 Å². The lowest BCUT2D eigenvalue weighted by atomic mass is 10.1. The predicted octanol–water partition coefficient (Wildman–Crippen LogP) is 2.61. The van der Waals surface area contributed by atoms with Gasteiger partial charge in [-0.1, -0.05) is 29.8 Å². The van der Waals surface area contributed by atoms with Gasteiger partial charge in [-0.3, -0.25) is 9.69 Å². The maximum Gasteiger partial charge on any atom is 0.312 e. The first-order valence-electron chi connectivity index (χ1n) is 9.00. The van der Waals surface area contributed by atoms with Crippen molar-refractivity contribution in [1.29, 1.82) is 0 Å². The number of hydrogen-bond acceptors (Lipinski definition) is 3. The van der Waals surface area contributed by atoms with E-state index < -0.39 is 6.03 Å². The van der Waals surface area contributed by atoms with Gasteiger partial charge < -0.3 is 16.0 Å². The summed E-state index contributed by atoms with van der Waals surface area (Å²) < 4.78 is 13.2. The Labute approximate surface area is 168 Å². The highest BCUT2D eigenvalue weighted by atomic mass is 35.5. The van der Waals surface area contributed by atoms with Crippen LogP contribution < -0.4 is 11.1 Å². The zero-order valence-corrected chi connectivity index (χ0v) is 16.1. The fourth-order valence-electron chi connectivity index (χ4n) is 3.14. The minimum Gasteiger partial charge on any atom is -0.352 e. The van der Waals surface area contributed by atoms with Gasteiger partial charge in [-0.2, -0.15) is 0 Å².